The Labute approximate surface area is 120 Å². The van der Waals surface area contributed by atoms with Crippen molar-refractivity contribution in [3.05, 3.63) is 47.0 Å². The van der Waals surface area contributed by atoms with Crippen molar-refractivity contribution >= 4 is 0 Å². The second-order valence-electron chi connectivity index (χ2n) is 5.47. The normalized spacial score (nSPS) is 16.9. The van der Waals surface area contributed by atoms with Gasteiger partial charge in [0.1, 0.15) is 11.6 Å². The molecular formula is C17H23F2N. The molecule has 0 radical (unpaired) electrons. The van der Waals surface area contributed by atoms with E-state index in [0.717, 1.165) is 31.9 Å². The van der Waals surface area contributed by atoms with Gasteiger partial charge >= 0.3 is 0 Å². The van der Waals surface area contributed by atoms with Crippen LogP contribution in [0.5, 0.6) is 0 Å². The average Bonchev–Trinajstić information content (AvgIpc) is 2.46. The minimum atomic E-state index is -0.513. The fraction of sp³-hybridized carbons (Fsp3) is 0.529. The second-order valence-corrected chi connectivity index (χ2v) is 5.47. The number of allylic oxidation sites excluding steroid dienone is 1. The van der Waals surface area contributed by atoms with E-state index in [1.54, 1.807) is 6.07 Å². The molecule has 20 heavy (non-hydrogen) atoms. The molecule has 1 aliphatic carbocycles. The van der Waals surface area contributed by atoms with E-state index in [4.69, 9.17) is 0 Å². The molecule has 1 unspecified atom stereocenters. The maximum atomic E-state index is 13.8. The van der Waals surface area contributed by atoms with Gasteiger partial charge in [0.15, 0.2) is 0 Å². The third-order valence-electron chi connectivity index (χ3n) is 3.85. The van der Waals surface area contributed by atoms with Gasteiger partial charge < -0.3 is 5.32 Å². The van der Waals surface area contributed by atoms with Crippen LogP contribution in [0.15, 0.2) is 29.8 Å². The summed E-state index contributed by atoms with van der Waals surface area (Å²) >= 11 is 0. The van der Waals surface area contributed by atoms with Crippen LogP contribution in [-0.2, 0) is 6.42 Å². The lowest BCUT2D eigenvalue weighted by molar-refractivity contribution is 0.509. The number of nitrogens with one attached hydrogen (secondary N) is 1. The maximum Gasteiger partial charge on any atom is 0.129 e. The van der Waals surface area contributed by atoms with E-state index < -0.39 is 11.6 Å². The Morgan fingerprint density at radius 1 is 1.25 bits per heavy atom. The number of hydrogen-bond acceptors (Lipinski definition) is 1. The predicted octanol–water partition coefficient (Wildman–Crippen LogP) is 4.38. The molecule has 0 saturated heterocycles. The first kappa shape index (κ1) is 15.2. The highest BCUT2D eigenvalue weighted by Gasteiger charge is 2.18. The van der Waals surface area contributed by atoms with Gasteiger partial charge in [-0.05, 0) is 56.7 Å². The summed E-state index contributed by atoms with van der Waals surface area (Å²) in [5, 5.41) is 3.50. The molecule has 0 amide bonds. The van der Waals surface area contributed by atoms with E-state index in [9.17, 15) is 8.78 Å². The lowest BCUT2D eigenvalue weighted by Crippen LogP contribution is -2.34. The zero-order chi connectivity index (χ0) is 14.4. The van der Waals surface area contributed by atoms with E-state index in [1.165, 1.54) is 24.5 Å². The quantitative estimate of drug-likeness (QED) is 0.762. The molecule has 1 nitrogen and oxygen atoms in total. The molecule has 0 heterocycles. The van der Waals surface area contributed by atoms with Gasteiger partial charge in [0.25, 0.3) is 0 Å². The molecule has 0 saturated carbocycles. The Kier molecular flexibility index (Phi) is 5.72. The van der Waals surface area contributed by atoms with Gasteiger partial charge in [-0.1, -0.05) is 24.6 Å². The molecule has 1 aromatic rings. The van der Waals surface area contributed by atoms with Gasteiger partial charge in [0.05, 0.1) is 0 Å². The molecule has 0 bridgehead atoms. The molecule has 1 aromatic carbocycles. The zero-order valence-corrected chi connectivity index (χ0v) is 12.1. The highest BCUT2D eigenvalue weighted by Crippen LogP contribution is 2.23. The van der Waals surface area contributed by atoms with Gasteiger partial charge in [-0.3, -0.25) is 0 Å². The third kappa shape index (κ3) is 4.14. The van der Waals surface area contributed by atoms with Crippen LogP contribution in [-0.4, -0.2) is 12.6 Å². The molecule has 2 rings (SSSR count). The summed E-state index contributed by atoms with van der Waals surface area (Å²) in [4.78, 5) is 0. The summed E-state index contributed by atoms with van der Waals surface area (Å²) in [7, 11) is 0. The third-order valence-corrected chi connectivity index (χ3v) is 3.85. The summed E-state index contributed by atoms with van der Waals surface area (Å²) in [6.07, 6.45) is 8.60. The molecule has 1 N–H and O–H groups in total. The van der Waals surface area contributed by atoms with Gasteiger partial charge in [-0.15, -0.1) is 0 Å². The van der Waals surface area contributed by atoms with E-state index in [-0.39, 0.29) is 6.04 Å². The highest BCUT2D eigenvalue weighted by atomic mass is 19.1. The largest absolute Gasteiger partial charge is 0.310 e. The molecule has 0 aromatic heterocycles. The van der Waals surface area contributed by atoms with Crippen molar-refractivity contribution < 1.29 is 8.78 Å². The van der Waals surface area contributed by atoms with Crippen molar-refractivity contribution in [1.82, 2.24) is 5.32 Å². The molecule has 0 aliphatic heterocycles. The summed E-state index contributed by atoms with van der Waals surface area (Å²) in [6, 6.07) is 4.05. The van der Waals surface area contributed by atoms with Gasteiger partial charge in [-0.2, -0.15) is 0 Å². The van der Waals surface area contributed by atoms with Crippen LogP contribution in [0.25, 0.3) is 0 Å². The lowest BCUT2D eigenvalue weighted by atomic mass is 9.90. The lowest BCUT2D eigenvalue weighted by Gasteiger charge is -2.25. The van der Waals surface area contributed by atoms with Crippen LogP contribution in [0.1, 0.15) is 44.6 Å². The Bertz CT molecular complexity index is 468. The SMILES string of the molecule is CCCNC(Cc1ccc(F)cc1F)C1=CCCCC1. The van der Waals surface area contributed by atoms with Crippen LogP contribution in [0.4, 0.5) is 8.78 Å². The van der Waals surface area contributed by atoms with Crippen LogP contribution in [0, 0.1) is 11.6 Å². The second kappa shape index (κ2) is 7.53. The van der Waals surface area contributed by atoms with Crippen LogP contribution in [0.3, 0.4) is 0 Å². The Morgan fingerprint density at radius 3 is 2.75 bits per heavy atom. The Balaban J connectivity index is 2.12. The minimum absolute atomic E-state index is 0.176. The minimum Gasteiger partial charge on any atom is -0.310 e. The van der Waals surface area contributed by atoms with Crippen molar-refractivity contribution in [2.24, 2.45) is 0 Å². The number of rotatable bonds is 6. The first-order chi connectivity index (χ1) is 9.70. The monoisotopic (exact) mass is 279 g/mol. The number of benzene rings is 1. The van der Waals surface area contributed by atoms with Crippen LogP contribution in [0.2, 0.25) is 0 Å². The summed E-state index contributed by atoms with van der Waals surface area (Å²) < 4.78 is 26.8. The maximum absolute atomic E-state index is 13.8. The molecule has 110 valence electrons. The fourth-order valence-corrected chi connectivity index (χ4v) is 2.74. The Hall–Kier alpha value is -1.22. The molecule has 3 heteroatoms. The van der Waals surface area contributed by atoms with Crippen molar-refractivity contribution in [3.8, 4) is 0 Å². The van der Waals surface area contributed by atoms with Gasteiger partial charge in [0.2, 0.25) is 0 Å². The first-order valence-corrected chi connectivity index (χ1v) is 7.57. The molecular weight excluding hydrogens is 256 g/mol. The van der Waals surface area contributed by atoms with E-state index in [0.29, 0.717) is 12.0 Å². The van der Waals surface area contributed by atoms with E-state index in [2.05, 4.69) is 18.3 Å². The predicted molar refractivity (Wildman–Crippen MR) is 78.7 cm³/mol. The standard InChI is InChI=1S/C17H23F2N/c1-2-10-20-17(13-6-4-3-5-7-13)11-14-8-9-15(18)12-16(14)19/h6,8-9,12,17,20H,2-5,7,10-11H2,1H3. The van der Waals surface area contributed by atoms with Crippen molar-refractivity contribution in [3.63, 3.8) is 0 Å². The van der Waals surface area contributed by atoms with Crippen molar-refractivity contribution in [2.45, 2.75) is 51.5 Å². The first-order valence-electron chi connectivity index (χ1n) is 7.57. The van der Waals surface area contributed by atoms with Crippen LogP contribution < -0.4 is 5.32 Å². The van der Waals surface area contributed by atoms with Gasteiger partial charge in [0, 0.05) is 12.1 Å². The van der Waals surface area contributed by atoms with Crippen molar-refractivity contribution in [2.75, 3.05) is 6.54 Å². The van der Waals surface area contributed by atoms with Gasteiger partial charge in [-0.25, -0.2) is 8.78 Å². The topological polar surface area (TPSA) is 12.0 Å². The molecule has 1 aliphatic rings. The molecule has 1 atom stereocenters. The molecule has 0 spiro atoms. The van der Waals surface area contributed by atoms with E-state index in [1.807, 2.05) is 0 Å². The highest BCUT2D eigenvalue weighted by molar-refractivity contribution is 5.24. The smallest absolute Gasteiger partial charge is 0.129 e. The van der Waals surface area contributed by atoms with Crippen molar-refractivity contribution in [1.29, 1.82) is 0 Å². The molecule has 0 fully saturated rings. The summed E-state index contributed by atoms with van der Waals surface area (Å²) in [5.41, 5.74) is 1.97. The number of halogens is 2. The van der Waals surface area contributed by atoms with Crippen LogP contribution >= 0.6 is 0 Å². The fourth-order valence-electron chi connectivity index (χ4n) is 2.74. The average molecular weight is 279 g/mol. The summed E-state index contributed by atoms with van der Waals surface area (Å²) in [5.74, 6) is -0.953. The van der Waals surface area contributed by atoms with E-state index >= 15 is 0 Å². The zero-order valence-electron chi connectivity index (χ0n) is 12.1. The Morgan fingerprint density at radius 2 is 2.10 bits per heavy atom. The summed E-state index contributed by atoms with van der Waals surface area (Å²) in [6.45, 7) is 3.04. The number of hydrogen-bond donors (Lipinski definition) is 1.